The van der Waals surface area contributed by atoms with Crippen LogP contribution >= 0.6 is 12.2 Å². The maximum absolute atomic E-state index is 4.62. The van der Waals surface area contributed by atoms with Crippen molar-refractivity contribution in [3.05, 3.63) is 65.2 Å². The van der Waals surface area contributed by atoms with Gasteiger partial charge in [0.2, 0.25) is 0 Å². The van der Waals surface area contributed by atoms with Gasteiger partial charge in [-0.15, -0.1) is 0 Å². The van der Waals surface area contributed by atoms with Crippen molar-refractivity contribution in [1.82, 2.24) is 0 Å². The van der Waals surface area contributed by atoms with Crippen LogP contribution in [0.25, 0.3) is 0 Å². The molecule has 1 aliphatic carbocycles. The molecule has 0 N–H and O–H groups in total. The van der Waals surface area contributed by atoms with E-state index in [-0.39, 0.29) is 0 Å². The minimum atomic E-state index is 0.735. The summed E-state index contributed by atoms with van der Waals surface area (Å²) in [7, 11) is 0. The zero-order chi connectivity index (χ0) is 18.9. The van der Waals surface area contributed by atoms with E-state index in [4.69, 9.17) is 0 Å². The third kappa shape index (κ3) is 5.90. The first kappa shape index (κ1) is 19.6. The lowest BCUT2D eigenvalue weighted by Crippen LogP contribution is -2.13. The van der Waals surface area contributed by atoms with Crippen molar-refractivity contribution >= 4 is 23.1 Å². The van der Waals surface area contributed by atoms with Crippen LogP contribution < -0.4 is 0 Å². The number of hydrogen-bond acceptors (Lipinski definition) is 2. The maximum atomic E-state index is 4.62. The van der Waals surface area contributed by atoms with E-state index in [2.05, 4.69) is 65.4 Å². The number of rotatable bonds is 5. The summed E-state index contributed by atoms with van der Waals surface area (Å²) in [6.07, 6.45) is 9.63. The summed E-state index contributed by atoms with van der Waals surface area (Å²) in [4.78, 5) is 3.96. The number of isothiocyanates is 1. The SMILES string of the molecule is CCCCC1CCC(c2ccc(C#Cc3ccc(N=C=S)cc3)cc2)CC1. The van der Waals surface area contributed by atoms with Crippen molar-refractivity contribution in [3.8, 4) is 11.8 Å². The molecule has 1 aliphatic rings. The first-order chi connectivity index (χ1) is 13.3. The highest BCUT2D eigenvalue weighted by Gasteiger charge is 2.21. The predicted octanol–water partition coefficient (Wildman–Crippen LogP) is 7.28. The number of unbranched alkanes of at least 4 members (excludes halogenated alkanes) is 1. The highest BCUT2D eigenvalue weighted by molar-refractivity contribution is 7.78. The van der Waals surface area contributed by atoms with E-state index in [1.54, 1.807) is 0 Å². The van der Waals surface area contributed by atoms with Gasteiger partial charge in [-0.25, -0.2) is 0 Å². The molecule has 0 amide bonds. The minimum absolute atomic E-state index is 0.735. The Morgan fingerprint density at radius 3 is 2.04 bits per heavy atom. The van der Waals surface area contributed by atoms with Gasteiger partial charge in [-0.1, -0.05) is 50.2 Å². The Bertz CT molecular complexity index is 825. The van der Waals surface area contributed by atoms with Crippen LogP contribution in [0.3, 0.4) is 0 Å². The van der Waals surface area contributed by atoms with E-state index >= 15 is 0 Å². The highest BCUT2D eigenvalue weighted by Crippen LogP contribution is 2.37. The Labute approximate surface area is 168 Å². The van der Waals surface area contributed by atoms with Crippen LogP contribution in [0, 0.1) is 17.8 Å². The summed E-state index contributed by atoms with van der Waals surface area (Å²) in [6.45, 7) is 2.29. The lowest BCUT2D eigenvalue weighted by molar-refractivity contribution is 0.304. The Morgan fingerprint density at radius 2 is 1.48 bits per heavy atom. The van der Waals surface area contributed by atoms with Crippen molar-refractivity contribution in [3.63, 3.8) is 0 Å². The van der Waals surface area contributed by atoms with Gasteiger partial charge < -0.3 is 0 Å². The molecule has 27 heavy (non-hydrogen) atoms. The average Bonchev–Trinajstić information content (AvgIpc) is 2.73. The van der Waals surface area contributed by atoms with Gasteiger partial charge in [0.25, 0.3) is 0 Å². The van der Waals surface area contributed by atoms with E-state index in [9.17, 15) is 0 Å². The topological polar surface area (TPSA) is 12.4 Å². The Kier molecular flexibility index (Phi) is 7.40. The summed E-state index contributed by atoms with van der Waals surface area (Å²) in [6, 6.07) is 16.6. The summed E-state index contributed by atoms with van der Waals surface area (Å²) < 4.78 is 0. The van der Waals surface area contributed by atoms with Crippen LogP contribution in [-0.4, -0.2) is 5.16 Å². The average molecular weight is 374 g/mol. The molecular formula is C25H27NS. The molecule has 0 unspecified atom stereocenters. The van der Waals surface area contributed by atoms with Crippen LogP contribution in [0.5, 0.6) is 0 Å². The van der Waals surface area contributed by atoms with E-state index in [1.807, 2.05) is 24.3 Å². The normalized spacial score (nSPS) is 18.9. The molecular weight excluding hydrogens is 346 g/mol. The molecule has 0 heterocycles. The van der Waals surface area contributed by atoms with Gasteiger partial charge in [-0.2, -0.15) is 4.99 Å². The number of aliphatic imine (C=N–C) groups is 1. The Morgan fingerprint density at radius 1 is 0.889 bits per heavy atom. The molecule has 3 rings (SSSR count). The van der Waals surface area contributed by atoms with Gasteiger partial charge in [0.05, 0.1) is 10.8 Å². The molecule has 0 radical (unpaired) electrons. The number of benzene rings is 2. The van der Waals surface area contributed by atoms with Crippen LogP contribution in [0.1, 0.15) is 74.5 Å². The van der Waals surface area contributed by atoms with Crippen molar-refractivity contribution in [1.29, 1.82) is 0 Å². The van der Waals surface area contributed by atoms with Gasteiger partial charge in [-0.05, 0) is 91.7 Å². The summed E-state index contributed by atoms with van der Waals surface area (Å²) in [5.41, 5.74) is 4.34. The molecule has 0 bridgehead atoms. The highest BCUT2D eigenvalue weighted by atomic mass is 32.1. The van der Waals surface area contributed by atoms with Crippen LogP contribution in [0.4, 0.5) is 5.69 Å². The van der Waals surface area contributed by atoms with Crippen molar-refractivity contribution < 1.29 is 0 Å². The summed E-state index contributed by atoms with van der Waals surface area (Å²) >= 11 is 4.62. The van der Waals surface area contributed by atoms with E-state index < -0.39 is 0 Å². The lowest BCUT2D eigenvalue weighted by Gasteiger charge is -2.28. The lowest BCUT2D eigenvalue weighted by atomic mass is 9.77. The number of nitrogens with zero attached hydrogens (tertiary/aromatic N) is 1. The molecule has 0 atom stereocenters. The zero-order valence-corrected chi connectivity index (χ0v) is 16.9. The molecule has 0 spiro atoms. The standard InChI is InChI=1S/C25H27NS/c1-2-3-4-20-7-13-23(14-8-20)24-15-9-21(10-16-24)5-6-22-11-17-25(18-12-22)26-19-27/h9-12,15-18,20,23H,2-4,7-8,13-14H2,1H3. The van der Waals surface area contributed by atoms with Crippen molar-refractivity contribution in [2.45, 2.75) is 57.8 Å². The van der Waals surface area contributed by atoms with E-state index in [0.29, 0.717) is 0 Å². The first-order valence-corrected chi connectivity index (χ1v) is 10.5. The zero-order valence-electron chi connectivity index (χ0n) is 16.1. The summed E-state index contributed by atoms with van der Waals surface area (Å²) in [5.74, 6) is 8.17. The predicted molar refractivity (Wildman–Crippen MR) is 118 cm³/mol. The van der Waals surface area contributed by atoms with Gasteiger partial charge in [0.1, 0.15) is 0 Å². The molecule has 1 fully saturated rings. The molecule has 0 aliphatic heterocycles. The third-order valence-electron chi connectivity index (χ3n) is 5.59. The van der Waals surface area contributed by atoms with Crippen LogP contribution in [0.2, 0.25) is 0 Å². The molecule has 138 valence electrons. The van der Waals surface area contributed by atoms with Crippen molar-refractivity contribution in [2.75, 3.05) is 0 Å². The molecule has 2 aromatic carbocycles. The van der Waals surface area contributed by atoms with Gasteiger partial charge in [0.15, 0.2) is 0 Å². The van der Waals surface area contributed by atoms with E-state index in [1.165, 1.54) is 50.5 Å². The Balaban J connectivity index is 1.57. The molecule has 1 nitrogen and oxygen atoms in total. The number of thiocarbonyl (C=S) groups is 1. The third-order valence-corrected chi connectivity index (χ3v) is 5.68. The minimum Gasteiger partial charge on any atom is -0.195 e. The second-order valence-electron chi connectivity index (χ2n) is 7.48. The molecule has 2 heteroatoms. The second kappa shape index (κ2) is 10.2. The molecule has 1 saturated carbocycles. The van der Waals surface area contributed by atoms with Crippen molar-refractivity contribution in [2.24, 2.45) is 10.9 Å². The second-order valence-corrected chi connectivity index (χ2v) is 7.66. The van der Waals surface area contributed by atoms with Crippen LogP contribution in [-0.2, 0) is 0 Å². The van der Waals surface area contributed by atoms with E-state index in [0.717, 1.165) is 28.7 Å². The smallest absolute Gasteiger partial charge is 0.0740 e. The van der Waals surface area contributed by atoms with Crippen LogP contribution in [0.15, 0.2) is 53.5 Å². The van der Waals surface area contributed by atoms with Gasteiger partial charge in [0, 0.05) is 11.1 Å². The first-order valence-electron chi connectivity index (χ1n) is 10.1. The number of hydrogen-bond donors (Lipinski definition) is 0. The maximum Gasteiger partial charge on any atom is 0.0740 e. The fourth-order valence-electron chi connectivity index (χ4n) is 3.93. The fourth-order valence-corrected chi connectivity index (χ4v) is 4.04. The molecule has 0 saturated heterocycles. The quantitative estimate of drug-likeness (QED) is 0.304. The monoisotopic (exact) mass is 373 g/mol. The van der Waals surface area contributed by atoms with Gasteiger partial charge in [-0.3, -0.25) is 0 Å². The fraction of sp³-hybridized carbons (Fsp3) is 0.400. The molecule has 2 aromatic rings. The van der Waals surface area contributed by atoms with Gasteiger partial charge >= 0.3 is 0 Å². The largest absolute Gasteiger partial charge is 0.195 e. The molecule has 0 aromatic heterocycles. The Hall–Kier alpha value is -2.20. The summed E-state index contributed by atoms with van der Waals surface area (Å²) in [5, 5.41) is 2.38.